The van der Waals surface area contributed by atoms with Crippen LogP contribution < -0.4 is 10.5 Å². The van der Waals surface area contributed by atoms with Crippen molar-refractivity contribution in [2.75, 3.05) is 6.54 Å². The van der Waals surface area contributed by atoms with E-state index >= 15 is 0 Å². The molecule has 0 radical (unpaired) electrons. The molecule has 25 heavy (non-hydrogen) atoms. The van der Waals surface area contributed by atoms with Gasteiger partial charge in [0.05, 0.1) is 0 Å². The lowest BCUT2D eigenvalue weighted by molar-refractivity contribution is 0.305. The van der Waals surface area contributed by atoms with Gasteiger partial charge in [0.25, 0.3) is 0 Å². The average Bonchev–Trinajstić information content (AvgIpc) is 3.21. The second kappa shape index (κ2) is 7.42. The van der Waals surface area contributed by atoms with Crippen LogP contribution in [0, 0.1) is 5.92 Å². The number of hydrogen-bond donors (Lipinski definition) is 1. The molecule has 2 N–H and O–H groups in total. The van der Waals surface area contributed by atoms with E-state index in [1.54, 1.807) is 11.3 Å². The van der Waals surface area contributed by atoms with E-state index < -0.39 is 0 Å². The first-order chi connectivity index (χ1) is 12.3. The molecule has 0 bridgehead atoms. The molecule has 0 aliphatic heterocycles. The topological polar surface area (TPSA) is 35.2 Å². The highest BCUT2D eigenvalue weighted by atomic mass is 32.1. The molecule has 0 saturated heterocycles. The summed E-state index contributed by atoms with van der Waals surface area (Å²) in [4.78, 5) is 0. The minimum absolute atomic E-state index is 0.605. The van der Waals surface area contributed by atoms with E-state index in [-0.39, 0.29) is 0 Å². The minimum atomic E-state index is 0.605. The Bertz CT molecular complexity index is 824. The molecular formula is C22H23NOS. The second-order valence-corrected chi connectivity index (χ2v) is 7.55. The van der Waals surface area contributed by atoms with Gasteiger partial charge in [-0.25, -0.2) is 0 Å². The zero-order valence-electron chi connectivity index (χ0n) is 14.3. The molecule has 0 saturated carbocycles. The molecule has 1 aromatic heterocycles. The van der Waals surface area contributed by atoms with E-state index in [1.165, 1.54) is 34.2 Å². The Labute approximate surface area is 153 Å². The summed E-state index contributed by atoms with van der Waals surface area (Å²) in [6, 6.07) is 17.3. The second-order valence-electron chi connectivity index (χ2n) is 6.77. The van der Waals surface area contributed by atoms with Crippen LogP contribution in [-0.4, -0.2) is 6.54 Å². The van der Waals surface area contributed by atoms with Crippen molar-refractivity contribution in [3.05, 3.63) is 76.0 Å². The quantitative estimate of drug-likeness (QED) is 0.699. The molecule has 4 rings (SSSR count). The number of aryl methyl sites for hydroxylation is 1. The van der Waals surface area contributed by atoms with Crippen molar-refractivity contribution in [1.82, 2.24) is 0 Å². The molecule has 1 unspecified atom stereocenters. The third-order valence-electron chi connectivity index (χ3n) is 5.06. The zero-order chi connectivity index (χ0) is 17.1. The van der Waals surface area contributed by atoms with Gasteiger partial charge in [0.2, 0.25) is 0 Å². The van der Waals surface area contributed by atoms with Gasteiger partial charge in [-0.05, 0) is 88.5 Å². The van der Waals surface area contributed by atoms with Crippen LogP contribution in [0.5, 0.6) is 5.75 Å². The standard InChI is InChI=1S/C22H23NOS/c23-13-17-3-6-20-12-22(8-7-19(20)11-17)24-14-16-1-4-18(5-2-16)21-9-10-25-15-21/h1-2,4-5,7-10,12,15,17H,3,6,11,13-14,23H2. The third kappa shape index (κ3) is 3.78. The lowest BCUT2D eigenvalue weighted by atomic mass is 9.84. The number of fused-ring (bicyclic) bond motifs is 1. The van der Waals surface area contributed by atoms with Crippen LogP contribution in [0.4, 0.5) is 0 Å². The Morgan fingerprint density at radius 2 is 1.88 bits per heavy atom. The third-order valence-corrected chi connectivity index (χ3v) is 5.74. The number of hydrogen-bond acceptors (Lipinski definition) is 3. The number of nitrogens with two attached hydrogens (primary N) is 1. The number of rotatable bonds is 5. The largest absolute Gasteiger partial charge is 0.489 e. The zero-order valence-corrected chi connectivity index (χ0v) is 15.1. The van der Waals surface area contributed by atoms with E-state index in [2.05, 4.69) is 59.3 Å². The van der Waals surface area contributed by atoms with E-state index in [9.17, 15) is 0 Å². The van der Waals surface area contributed by atoms with Crippen LogP contribution in [0.3, 0.4) is 0 Å². The van der Waals surface area contributed by atoms with Gasteiger partial charge in [0.1, 0.15) is 12.4 Å². The Kier molecular flexibility index (Phi) is 4.86. The number of thiophene rings is 1. The molecule has 1 heterocycles. The summed E-state index contributed by atoms with van der Waals surface area (Å²) < 4.78 is 6.02. The van der Waals surface area contributed by atoms with Gasteiger partial charge >= 0.3 is 0 Å². The summed E-state index contributed by atoms with van der Waals surface area (Å²) in [5, 5.41) is 4.28. The lowest BCUT2D eigenvalue weighted by Crippen LogP contribution is -2.22. The molecule has 2 aromatic carbocycles. The van der Waals surface area contributed by atoms with Crippen molar-refractivity contribution in [3.63, 3.8) is 0 Å². The van der Waals surface area contributed by atoms with Gasteiger partial charge in [-0.3, -0.25) is 0 Å². The maximum absolute atomic E-state index is 6.02. The molecule has 1 aliphatic rings. The Morgan fingerprint density at radius 1 is 1.00 bits per heavy atom. The van der Waals surface area contributed by atoms with Crippen LogP contribution in [-0.2, 0) is 19.4 Å². The summed E-state index contributed by atoms with van der Waals surface area (Å²) in [7, 11) is 0. The van der Waals surface area contributed by atoms with Crippen molar-refractivity contribution in [2.45, 2.75) is 25.9 Å². The molecule has 1 aliphatic carbocycles. The molecule has 3 heteroatoms. The van der Waals surface area contributed by atoms with Gasteiger partial charge in [-0.2, -0.15) is 11.3 Å². The van der Waals surface area contributed by atoms with Crippen molar-refractivity contribution in [2.24, 2.45) is 11.7 Å². The van der Waals surface area contributed by atoms with Crippen LogP contribution >= 0.6 is 11.3 Å². The van der Waals surface area contributed by atoms with Crippen molar-refractivity contribution in [3.8, 4) is 16.9 Å². The van der Waals surface area contributed by atoms with E-state index in [1.807, 2.05) is 0 Å². The maximum Gasteiger partial charge on any atom is 0.120 e. The first-order valence-corrected chi connectivity index (χ1v) is 9.82. The lowest BCUT2D eigenvalue weighted by Gasteiger charge is -2.23. The predicted molar refractivity (Wildman–Crippen MR) is 105 cm³/mol. The Balaban J connectivity index is 1.40. The molecule has 2 nitrogen and oxygen atoms in total. The summed E-state index contributed by atoms with van der Waals surface area (Å²) in [6.45, 7) is 1.40. The van der Waals surface area contributed by atoms with Crippen molar-refractivity contribution in [1.29, 1.82) is 0 Å². The molecule has 0 spiro atoms. The number of ether oxygens (including phenoxy) is 1. The highest BCUT2D eigenvalue weighted by Crippen LogP contribution is 2.29. The fraction of sp³-hybridized carbons (Fsp3) is 0.273. The summed E-state index contributed by atoms with van der Waals surface area (Å²) in [5.74, 6) is 1.60. The Hall–Kier alpha value is -2.10. The van der Waals surface area contributed by atoms with Gasteiger partial charge < -0.3 is 10.5 Å². The predicted octanol–water partition coefficient (Wildman–Crippen LogP) is 5.06. The molecule has 3 aromatic rings. The van der Waals surface area contributed by atoms with Crippen molar-refractivity contribution >= 4 is 11.3 Å². The highest BCUT2D eigenvalue weighted by Gasteiger charge is 2.17. The summed E-state index contributed by atoms with van der Waals surface area (Å²) in [5.41, 5.74) is 12.4. The Morgan fingerprint density at radius 3 is 2.64 bits per heavy atom. The molecule has 1 atom stereocenters. The molecule has 0 fully saturated rings. The van der Waals surface area contributed by atoms with Gasteiger partial charge in [0, 0.05) is 0 Å². The smallest absolute Gasteiger partial charge is 0.120 e. The van der Waals surface area contributed by atoms with E-state index in [0.717, 1.165) is 25.1 Å². The van der Waals surface area contributed by atoms with Crippen LogP contribution in [0.15, 0.2) is 59.3 Å². The summed E-state index contributed by atoms with van der Waals surface area (Å²) in [6.07, 6.45) is 3.41. The minimum Gasteiger partial charge on any atom is -0.489 e. The fourth-order valence-electron chi connectivity index (χ4n) is 3.49. The SMILES string of the molecule is NCC1CCc2cc(OCc3ccc(-c4ccsc4)cc3)ccc2C1. The van der Waals surface area contributed by atoms with E-state index in [0.29, 0.717) is 12.5 Å². The van der Waals surface area contributed by atoms with E-state index in [4.69, 9.17) is 10.5 Å². The van der Waals surface area contributed by atoms with Crippen molar-refractivity contribution < 1.29 is 4.74 Å². The monoisotopic (exact) mass is 349 g/mol. The van der Waals surface area contributed by atoms with Gasteiger partial charge in [-0.15, -0.1) is 0 Å². The first-order valence-electron chi connectivity index (χ1n) is 8.88. The van der Waals surface area contributed by atoms with Gasteiger partial charge in [0.15, 0.2) is 0 Å². The average molecular weight is 349 g/mol. The normalized spacial score (nSPS) is 16.4. The first kappa shape index (κ1) is 16.4. The molecule has 0 amide bonds. The van der Waals surface area contributed by atoms with Crippen LogP contribution in [0.2, 0.25) is 0 Å². The fourth-order valence-corrected chi connectivity index (χ4v) is 4.15. The maximum atomic E-state index is 6.02. The summed E-state index contributed by atoms with van der Waals surface area (Å²) >= 11 is 1.73. The molecule has 128 valence electrons. The highest BCUT2D eigenvalue weighted by molar-refractivity contribution is 7.08. The number of benzene rings is 2. The molecular weight excluding hydrogens is 326 g/mol. The van der Waals surface area contributed by atoms with Gasteiger partial charge in [-0.1, -0.05) is 30.3 Å². The van der Waals surface area contributed by atoms with Crippen LogP contribution in [0.1, 0.15) is 23.1 Å². The van der Waals surface area contributed by atoms with Crippen LogP contribution in [0.25, 0.3) is 11.1 Å².